The van der Waals surface area contributed by atoms with Crippen LogP contribution in [-0.2, 0) is 11.2 Å². The maximum Gasteiger partial charge on any atom is 0.328 e. The van der Waals surface area contributed by atoms with Crippen LogP contribution < -0.4 is 5.32 Å². The first kappa shape index (κ1) is 15.4. The fourth-order valence-electron chi connectivity index (χ4n) is 1.83. The number of aliphatic carboxylic acids is 1. The lowest BCUT2D eigenvalue weighted by Gasteiger charge is -2.26. The van der Waals surface area contributed by atoms with Gasteiger partial charge in [0, 0.05) is 18.2 Å². The summed E-state index contributed by atoms with van der Waals surface area (Å²) in [6, 6.07) is 10.4. The van der Waals surface area contributed by atoms with Crippen molar-refractivity contribution in [1.29, 1.82) is 0 Å². The number of rotatable bonds is 7. The Morgan fingerprint density at radius 3 is 2.53 bits per heavy atom. The smallest absolute Gasteiger partial charge is 0.328 e. The lowest BCUT2D eigenvalue weighted by atomic mass is 9.95. The zero-order valence-corrected chi connectivity index (χ0v) is 11.9. The molecule has 104 valence electrons. The van der Waals surface area contributed by atoms with Crippen LogP contribution in [0.3, 0.4) is 0 Å². The Morgan fingerprint density at radius 1 is 1.32 bits per heavy atom. The van der Waals surface area contributed by atoms with Gasteiger partial charge in [-0.1, -0.05) is 35.9 Å². The van der Waals surface area contributed by atoms with Crippen molar-refractivity contribution in [2.45, 2.75) is 39.2 Å². The van der Waals surface area contributed by atoms with E-state index in [0.717, 1.165) is 18.4 Å². The average Bonchev–Trinajstić information content (AvgIpc) is 2.35. The van der Waals surface area contributed by atoms with Gasteiger partial charge in [-0.3, -0.25) is 0 Å². The molecule has 0 bridgehead atoms. The van der Waals surface area contributed by atoms with Crippen molar-refractivity contribution in [3.8, 4) is 0 Å². The van der Waals surface area contributed by atoms with Crippen molar-refractivity contribution in [2.24, 2.45) is 0 Å². The highest BCUT2D eigenvalue weighted by molar-refractivity contribution is 5.80. The van der Waals surface area contributed by atoms with Crippen LogP contribution in [0, 0.1) is 0 Å². The molecule has 19 heavy (non-hydrogen) atoms. The van der Waals surface area contributed by atoms with Crippen molar-refractivity contribution >= 4 is 5.97 Å². The van der Waals surface area contributed by atoms with E-state index in [2.05, 4.69) is 43.4 Å². The van der Waals surface area contributed by atoms with E-state index < -0.39 is 5.97 Å². The first-order valence-corrected chi connectivity index (χ1v) is 6.58. The maximum atomic E-state index is 10.5. The Hall–Kier alpha value is -1.61. The molecular formula is C16H23NO2. The van der Waals surface area contributed by atoms with E-state index in [0.29, 0.717) is 6.54 Å². The van der Waals surface area contributed by atoms with Crippen molar-refractivity contribution in [2.75, 3.05) is 6.54 Å². The zero-order valence-electron chi connectivity index (χ0n) is 11.9. The SMILES string of the molecule is C/C(=C/C(=O)O)CNC(C)(C)CCc1ccccc1. The summed E-state index contributed by atoms with van der Waals surface area (Å²) in [5.41, 5.74) is 2.15. The molecule has 0 aliphatic carbocycles. The highest BCUT2D eigenvalue weighted by Crippen LogP contribution is 2.13. The van der Waals surface area contributed by atoms with Gasteiger partial charge in [-0.2, -0.15) is 0 Å². The Balaban J connectivity index is 2.41. The topological polar surface area (TPSA) is 49.3 Å². The van der Waals surface area contributed by atoms with E-state index in [1.54, 1.807) is 0 Å². The third-order valence-corrected chi connectivity index (χ3v) is 3.10. The standard InChI is InChI=1S/C16H23NO2/c1-13(11-15(18)19)12-17-16(2,3)10-9-14-7-5-4-6-8-14/h4-8,11,17H,9-10,12H2,1-3H3,(H,18,19)/b13-11-. The van der Waals surface area contributed by atoms with Gasteiger partial charge >= 0.3 is 5.97 Å². The lowest BCUT2D eigenvalue weighted by molar-refractivity contribution is -0.131. The molecule has 0 aliphatic heterocycles. The molecule has 0 fully saturated rings. The van der Waals surface area contributed by atoms with E-state index in [-0.39, 0.29) is 5.54 Å². The Morgan fingerprint density at radius 2 is 1.95 bits per heavy atom. The number of carbonyl (C=O) groups is 1. The zero-order chi connectivity index (χ0) is 14.3. The summed E-state index contributed by atoms with van der Waals surface area (Å²) in [5, 5.41) is 12.1. The molecule has 0 saturated carbocycles. The molecule has 1 aromatic rings. The van der Waals surface area contributed by atoms with E-state index >= 15 is 0 Å². The van der Waals surface area contributed by atoms with Crippen molar-refractivity contribution in [3.05, 3.63) is 47.5 Å². The molecule has 1 rings (SSSR count). The van der Waals surface area contributed by atoms with E-state index in [1.807, 2.05) is 13.0 Å². The van der Waals surface area contributed by atoms with Gasteiger partial charge in [0.25, 0.3) is 0 Å². The Bertz CT molecular complexity index is 435. The van der Waals surface area contributed by atoms with Crippen LogP contribution >= 0.6 is 0 Å². The number of carboxylic acids is 1. The molecule has 0 spiro atoms. The summed E-state index contributed by atoms with van der Waals surface area (Å²) in [5.74, 6) is -0.888. The summed E-state index contributed by atoms with van der Waals surface area (Å²) in [6.45, 7) is 6.72. The molecule has 0 radical (unpaired) electrons. The highest BCUT2D eigenvalue weighted by atomic mass is 16.4. The van der Waals surface area contributed by atoms with Crippen molar-refractivity contribution in [3.63, 3.8) is 0 Å². The van der Waals surface area contributed by atoms with Gasteiger partial charge in [-0.05, 0) is 39.2 Å². The maximum absolute atomic E-state index is 10.5. The van der Waals surface area contributed by atoms with Gasteiger partial charge in [-0.25, -0.2) is 4.79 Å². The largest absolute Gasteiger partial charge is 0.478 e. The fourth-order valence-corrected chi connectivity index (χ4v) is 1.83. The summed E-state index contributed by atoms with van der Waals surface area (Å²) in [7, 11) is 0. The van der Waals surface area contributed by atoms with Crippen LogP contribution in [0.2, 0.25) is 0 Å². The molecule has 2 N–H and O–H groups in total. The number of hydrogen-bond acceptors (Lipinski definition) is 2. The molecule has 0 saturated heterocycles. The average molecular weight is 261 g/mol. The number of aryl methyl sites for hydroxylation is 1. The van der Waals surface area contributed by atoms with Crippen LogP contribution in [-0.4, -0.2) is 23.2 Å². The van der Waals surface area contributed by atoms with Gasteiger partial charge in [0.05, 0.1) is 0 Å². The van der Waals surface area contributed by atoms with Crippen LogP contribution in [0.5, 0.6) is 0 Å². The van der Waals surface area contributed by atoms with Gasteiger partial charge < -0.3 is 10.4 Å². The molecule has 1 aromatic carbocycles. The fraction of sp³-hybridized carbons (Fsp3) is 0.438. The molecule has 3 nitrogen and oxygen atoms in total. The Kier molecular flexibility index (Phi) is 5.77. The lowest BCUT2D eigenvalue weighted by Crippen LogP contribution is -2.40. The molecular weight excluding hydrogens is 238 g/mol. The number of hydrogen-bond donors (Lipinski definition) is 2. The quantitative estimate of drug-likeness (QED) is 0.742. The van der Waals surface area contributed by atoms with Crippen molar-refractivity contribution in [1.82, 2.24) is 5.32 Å². The third kappa shape index (κ3) is 6.77. The van der Waals surface area contributed by atoms with Crippen LogP contribution in [0.1, 0.15) is 32.8 Å². The third-order valence-electron chi connectivity index (χ3n) is 3.10. The van der Waals surface area contributed by atoms with Gasteiger partial charge in [0.1, 0.15) is 0 Å². The first-order valence-electron chi connectivity index (χ1n) is 6.58. The minimum atomic E-state index is -0.888. The molecule has 3 heteroatoms. The predicted octanol–water partition coefficient (Wildman–Crippen LogP) is 3.02. The van der Waals surface area contributed by atoms with Crippen LogP contribution in [0.15, 0.2) is 42.0 Å². The van der Waals surface area contributed by atoms with Crippen LogP contribution in [0.4, 0.5) is 0 Å². The van der Waals surface area contributed by atoms with Gasteiger partial charge in [0.2, 0.25) is 0 Å². The number of benzene rings is 1. The number of carboxylic acid groups (broad SMARTS) is 1. The monoisotopic (exact) mass is 261 g/mol. The second-order valence-corrected chi connectivity index (χ2v) is 5.55. The Labute approximate surface area is 115 Å². The second-order valence-electron chi connectivity index (χ2n) is 5.55. The predicted molar refractivity (Wildman–Crippen MR) is 78.2 cm³/mol. The minimum Gasteiger partial charge on any atom is -0.478 e. The second kappa shape index (κ2) is 7.10. The first-order chi connectivity index (χ1) is 8.89. The molecule has 0 heterocycles. The summed E-state index contributed by atoms with van der Waals surface area (Å²) in [6.07, 6.45) is 3.28. The van der Waals surface area contributed by atoms with Gasteiger partial charge in [-0.15, -0.1) is 0 Å². The van der Waals surface area contributed by atoms with E-state index in [1.165, 1.54) is 11.6 Å². The van der Waals surface area contributed by atoms with Crippen molar-refractivity contribution < 1.29 is 9.90 Å². The normalized spacial score (nSPS) is 12.5. The number of nitrogens with one attached hydrogen (secondary N) is 1. The van der Waals surface area contributed by atoms with Crippen LogP contribution in [0.25, 0.3) is 0 Å². The molecule has 0 amide bonds. The molecule has 0 aliphatic rings. The minimum absolute atomic E-state index is 0.0105. The molecule has 0 atom stereocenters. The molecule has 0 aromatic heterocycles. The highest BCUT2D eigenvalue weighted by Gasteiger charge is 2.16. The van der Waals surface area contributed by atoms with E-state index in [9.17, 15) is 4.79 Å². The summed E-state index contributed by atoms with van der Waals surface area (Å²) < 4.78 is 0. The van der Waals surface area contributed by atoms with E-state index in [4.69, 9.17) is 5.11 Å². The summed E-state index contributed by atoms with van der Waals surface area (Å²) in [4.78, 5) is 10.5. The van der Waals surface area contributed by atoms with Gasteiger partial charge in [0.15, 0.2) is 0 Å². The molecule has 0 unspecified atom stereocenters. The summed E-state index contributed by atoms with van der Waals surface area (Å²) >= 11 is 0.